The monoisotopic (exact) mass is 230 g/mol. The second-order valence-electron chi connectivity index (χ2n) is 4.61. The number of aliphatic hydroxyl groups is 1. The summed E-state index contributed by atoms with van der Waals surface area (Å²) in [5.74, 6) is 0.712. The predicted octanol–water partition coefficient (Wildman–Crippen LogP) is 2.31. The highest BCUT2D eigenvalue weighted by Gasteiger charge is 2.13. The van der Waals surface area contributed by atoms with E-state index in [0.717, 1.165) is 5.56 Å². The Morgan fingerprint density at radius 2 is 1.88 bits per heavy atom. The lowest BCUT2D eigenvalue weighted by atomic mass is 10.0. The van der Waals surface area contributed by atoms with Crippen molar-refractivity contribution in [2.45, 2.75) is 26.4 Å². The van der Waals surface area contributed by atoms with Gasteiger partial charge in [-0.3, -0.25) is 0 Å². The first-order valence-corrected chi connectivity index (χ1v) is 5.78. The number of aromatic nitrogens is 2. The third kappa shape index (κ3) is 2.74. The number of imidazole rings is 1. The van der Waals surface area contributed by atoms with Crippen molar-refractivity contribution < 1.29 is 5.11 Å². The highest BCUT2D eigenvalue weighted by atomic mass is 16.3. The minimum atomic E-state index is -0.545. The van der Waals surface area contributed by atoms with Gasteiger partial charge in [0.15, 0.2) is 0 Å². The van der Waals surface area contributed by atoms with E-state index in [4.69, 9.17) is 0 Å². The van der Waals surface area contributed by atoms with Crippen LogP contribution in [-0.4, -0.2) is 14.7 Å². The summed E-state index contributed by atoms with van der Waals surface area (Å²) in [4.78, 5) is 4.17. The summed E-state index contributed by atoms with van der Waals surface area (Å²) in [5.41, 5.74) is 3.61. The molecular formula is C14H18N2O. The summed E-state index contributed by atoms with van der Waals surface area (Å²) < 4.78 is 1.85. The van der Waals surface area contributed by atoms with Crippen LogP contribution in [0.25, 0.3) is 0 Å². The molecule has 0 aliphatic heterocycles. The summed E-state index contributed by atoms with van der Waals surface area (Å²) in [7, 11) is 1.90. The summed E-state index contributed by atoms with van der Waals surface area (Å²) in [5, 5.41) is 10.1. The fourth-order valence-electron chi connectivity index (χ4n) is 2.20. The number of benzene rings is 1. The van der Waals surface area contributed by atoms with E-state index in [0.29, 0.717) is 12.2 Å². The first kappa shape index (κ1) is 11.9. The van der Waals surface area contributed by atoms with Crippen molar-refractivity contribution >= 4 is 0 Å². The maximum Gasteiger partial charge on any atom is 0.137 e. The molecule has 2 aromatic rings. The number of hydrogen-bond donors (Lipinski definition) is 1. The maximum atomic E-state index is 10.1. The molecule has 0 amide bonds. The molecule has 0 spiro atoms. The van der Waals surface area contributed by atoms with E-state index in [9.17, 15) is 5.11 Å². The Morgan fingerprint density at radius 1 is 1.24 bits per heavy atom. The molecule has 1 aromatic heterocycles. The molecule has 0 aliphatic carbocycles. The lowest BCUT2D eigenvalue weighted by molar-refractivity contribution is 0.165. The molecule has 90 valence electrons. The van der Waals surface area contributed by atoms with Gasteiger partial charge in [0.2, 0.25) is 0 Å². The molecule has 1 unspecified atom stereocenters. The van der Waals surface area contributed by atoms with E-state index in [2.05, 4.69) is 37.0 Å². The van der Waals surface area contributed by atoms with Gasteiger partial charge in [-0.15, -0.1) is 0 Å². The van der Waals surface area contributed by atoms with Gasteiger partial charge in [-0.2, -0.15) is 0 Å². The predicted molar refractivity (Wildman–Crippen MR) is 67.8 cm³/mol. The Kier molecular flexibility index (Phi) is 3.29. The number of nitrogens with zero attached hydrogens (tertiary/aromatic N) is 2. The molecule has 0 saturated heterocycles. The van der Waals surface area contributed by atoms with Crippen molar-refractivity contribution in [3.8, 4) is 0 Å². The molecule has 0 bridgehead atoms. The van der Waals surface area contributed by atoms with Crippen molar-refractivity contribution in [1.82, 2.24) is 9.55 Å². The van der Waals surface area contributed by atoms with Gasteiger partial charge in [0, 0.05) is 25.9 Å². The third-order valence-corrected chi connectivity index (χ3v) is 2.87. The minimum Gasteiger partial charge on any atom is -0.385 e. The average molecular weight is 230 g/mol. The maximum absolute atomic E-state index is 10.1. The van der Waals surface area contributed by atoms with Crippen LogP contribution in [0.15, 0.2) is 30.6 Å². The third-order valence-electron chi connectivity index (χ3n) is 2.87. The second-order valence-corrected chi connectivity index (χ2v) is 4.61. The van der Waals surface area contributed by atoms with Gasteiger partial charge in [-0.25, -0.2) is 4.98 Å². The number of rotatable bonds is 3. The molecule has 3 heteroatoms. The molecule has 0 fully saturated rings. The van der Waals surface area contributed by atoms with Gasteiger partial charge in [0.25, 0.3) is 0 Å². The highest BCUT2D eigenvalue weighted by molar-refractivity contribution is 5.29. The van der Waals surface area contributed by atoms with Gasteiger partial charge in [0.1, 0.15) is 11.9 Å². The van der Waals surface area contributed by atoms with E-state index in [1.54, 1.807) is 6.20 Å². The van der Waals surface area contributed by atoms with E-state index in [-0.39, 0.29) is 0 Å². The SMILES string of the molecule is Cc1cc(C)cc(CC(O)c2nccn2C)c1. The van der Waals surface area contributed by atoms with E-state index in [1.807, 2.05) is 17.8 Å². The Bertz CT molecular complexity index is 496. The molecule has 2 rings (SSSR count). The Balaban J connectivity index is 2.18. The molecular weight excluding hydrogens is 212 g/mol. The number of aryl methyl sites for hydroxylation is 3. The van der Waals surface area contributed by atoms with Gasteiger partial charge in [0.05, 0.1) is 0 Å². The largest absolute Gasteiger partial charge is 0.385 e. The van der Waals surface area contributed by atoms with Crippen molar-refractivity contribution in [2.75, 3.05) is 0 Å². The van der Waals surface area contributed by atoms with Crippen LogP contribution >= 0.6 is 0 Å². The normalized spacial score (nSPS) is 12.7. The van der Waals surface area contributed by atoms with E-state index in [1.165, 1.54) is 11.1 Å². The van der Waals surface area contributed by atoms with Crippen LogP contribution in [-0.2, 0) is 13.5 Å². The van der Waals surface area contributed by atoms with Gasteiger partial charge in [-0.1, -0.05) is 29.3 Å². The zero-order valence-corrected chi connectivity index (χ0v) is 10.5. The van der Waals surface area contributed by atoms with Gasteiger partial charge in [-0.05, 0) is 19.4 Å². The molecule has 0 radical (unpaired) electrons. The minimum absolute atomic E-state index is 0.545. The second kappa shape index (κ2) is 4.72. The van der Waals surface area contributed by atoms with Crippen molar-refractivity contribution in [1.29, 1.82) is 0 Å². The van der Waals surface area contributed by atoms with Crippen molar-refractivity contribution in [2.24, 2.45) is 7.05 Å². The fourth-order valence-corrected chi connectivity index (χ4v) is 2.20. The van der Waals surface area contributed by atoms with Crippen LogP contribution in [0.4, 0.5) is 0 Å². The molecule has 1 N–H and O–H groups in total. The summed E-state index contributed by atoms with van der Waals surface area (Å²) in [6.07, 6.45) is 3.61. The number of aliphatic hydroxyl groups excluding tert-OH is 1. The Labute approximate surface area is 102 Å². The molecule has 0 saturated carbocycles. The van der Waals surface area contributed by atoms with Crippen LogP contribution < -0.4 is 0 Å². The van der Waals surface area contributed by atoms with Crippen LogP contribution in [0, 0.1) is 13.8 Å². The van der Waals surface area contributed by atoms with Crippen LogP contribution in [0.1, 0.15) is 28.6 Å². The highest BCUT2D eigenvalue weighted by Crippen LogP contribution is 2.18. The van der Waals surface area contributed by atoms with E-state index >= 15 is 0 Å². The quantitative estimate of drug-likeness (QED) is 0.878. The Hall–Kier alpha value is -1.61. The first-order valence-electron chi connectivity index (χ1n) is 5.78. The zero-order chi connectivity index (χ0) is 12.4. The zero-order valence-electron chi connectivity index (χ0n) is 10.5. The molecule has 1 aromatic carbocycles. The molecule has 0 aliphatic rings. The lowest BCUT2D eigenvalue weighted by Crippen LogP contribution is -2.08. The first-order chi connectivity index (χ1) is 8.06. The van der Waals surface area contributed by atoms with E-state index < -0.39 is 6.10 Å². The summed E-state index contributed by atoms with van der Waals surface area (Å²) >= 11 is 0. The van der Waals surface area contributed by atoms with Crippen molar-refractivity contribution in [3.05, 3.63) is 53.1 Å². The molecule has 17 heavy (non-hydrogen) atoms. The molecule has 1 heterocycles. The van der Waals surface area contributed by atoms with Crippen LogP contribution in [0.3, 0.4) is 0 Å². The molecule has 3 nitrogen and oxygen atoms in total. The van der Waals surface area contributed by atoms with Crippen LogP contribution in [0.5, 0.6) is 0 Å². The standard InChI is InChI=1S/C14H18N2O/c1-10-6-11(2)8-12(7-10)9-13(17)14-15-4-5-16(14)3/h4-8,13,17H,9H2,1-3H3. The molecule has 1 atom stereocenters. The topological polar surface area (TPSA) is 38.1 Å². The van der Waals surface area contributed by atoms with Crippen LogP contribution in [0.2, 0.25) is 0 Å². The smallest absolute Gasteiger partial charge is 0.137 e. The lowest BCUT2D eigenvalue weighted by Gasteiger charge is -2.11. The van der Waals surface area contributed by atoms with Crippen molar-refractivity contribution in [3.63, 3.8) is 0 Å². The summed E-state index contributed by atoms with van der Waals surface area (Å²) in [6.45, 7) is 4.15. The van der Waals surface area contributed by atoms with Gasteiger partial charge >= 0.3 is 0 Å². The Morgan fingerprint density at radius 3 is 2.41 bits per heavy atom. The average Bonchev–Trinajstić information content (AvgIpc) is 2.62. The fraction of sp³-hybridized carbons (Fsp3) is 0.357. The summed E-state index contributed by atoms with van der Waals surface area (Å²) in [6, 6.07) is 6.36. The van der Waals surface area contributed by atoms with Gasteiger partial charge < -0.3 is 9.67 Å². The number of hydrogen-bond acceptors (Lipinski definition) is 2.